The van der Waals surface area contributed by atoms with Crippen LogP contribution < -0.4 is 16.7 Å². The second-order valence-corrected chi connectivity index (χ2v) is 6.67. The monoisotopic (exact) mass is 407 g/mol. The van der Waals surface area contributed by atoms with Gasteiger partial charge in [0.1, 0.15) is 12.4 Å². The smallest absolute Gasteiger partial charge is 0.333 e. The van der Waals surface area contributed by atoms with Gasteiger partial charge in [0, 0.05) is 18.0 Å². The van der Waals surface area contributed by atoms with Crippen molar-refractivity contribution in [2.75, 3.05) is 0 Å². The zero-order valence-corrected chi connectivity index (χ0v) is 16.0. The summed E-state index contributed by atoms with van der Waals surface area (Å²) in [6, 6.07) is 14.7. The van der Waals surface area contributed by atoms with Crippen LogP contribution >= 0.6 is 0 Å². The Morgan fingerprint density at radius 2 is 1.73 bits per heavy atom. The number of carboxylic acid groups (broad SMARTS) is 1. The number of imidazole rings is 1. The van der Waals surface area contributed by atoms with Gasteiger partial charge in [0.2, 0.25) is 5.91 Å². The summed E-state index contributed by atoms with van der Waals surface area (Å²) in [7, 11) is 0. The summed E-state index contributed by atoms with van der Waals surface area (Å²) in [5.41, 5.74) is 6.79. The van der Waals surface area contributed by atoms with Crippen LogP contribution in [0.25, 0.3) is 5.69 Å². The van der Waals surface area contributed by atoms with E-state index < -0.39 is 23.6 Å². The van der Waals surface area contributed by atoms with Crippen LogP contribution in [-0.4, -0.2) is 32.0 Å². The van der Waals surface area contributed by atoms with E-state index in [4.69, 9.17) is 16.2 Å². The fraction of sp³-hybridized carbons (Fsp3) is 0.143. The standard InChI is InChI=1S/C21H21N5O4/c22-20(23)15-6-8-16(9-7-15)26-11-10-25(21(26)30)13-18(27)24-17(12-19(28)29)14-4-2-1-3-5-14/h1-11,17H,12-13H2,(H3,22,23)(H,24,27)(H,28,29). The molecule has 0 spiro atoms. The second-order valence-electron chi connectivity index (χ2n) is 6.67. The lowest BCUT2D eigenvalue weighted by Gasteiger charge is -2.17. The van der Waals surface area contributed by atoms with E-state index in [9.17, 15) is 14.4 Å². The Morgan fingerprint density at radius 1 is 1.07 bits per heavy atom. The molecule has 2 aromatic carbocycles. The molecule has 1 amide bonds. The maximum atomic E-state index is 12.6. The molecule has 0 saturated heterocycles. The number of nitrogens with two attached hydrogens (primary N) is 1. The lowest BCUT2D eigenvalue weighted by molar-refractivity contribution is -0.137. The van der Waals surface area contributed by atoms with Crippen molar-refractivity contribution in [3.8, 4) is 5.69 Å². The molecule has 1 aromatic heterocycles. The summed E-state index contributed by atoms with van der Waals surface area (Å²) in [5, 5.41) is 19.2. The summed E-state index contributed by atoms with van der Waals surface area (Å²) in [5.74, 6) is -1.59. The lowest BCUT2D eigenvalue weighted by atomic mass is 10.0. The number of nitrogen functional groups attached to an aromatic ring is 1. The Labute approximate surface area is 171 Å². The first-order chi connectivity index (χ1) is 14.3. The minimum atomic E-state index is -1.04. The molecule has 154 valence electrons. The van der Waals surface area contributed by atoms with Gasteiger partial charge in [0.25, 0.3) is 0 Å². The van der Waals surface area contributed by atoms with E-state index in [-0.39, 0.29) is 18.8 Å². The van der Waals surface area contributed by atoms with Crippen LogP contribution in [0.1, 0.15) is 23.6 Å². The Balaban J connectivity index is 1.74. The number of nitrogens with zero attached hydrogens (tertiary/aromatic N) is 2. The second kappa shape index (κ2) is 8.91. The third kappa shape index (κ3) is 4.82. The van der Waals surface area contributed by atoms with Crippen LogP contribution in [0, 0.1) is 5.41 Å². The minimum Gasteiger partial charge on any atom is -0.481 e. The first-order valence-corrected chi connectivity index (χ1v) is 9.14. The van der Waals surface area contributed by atoms with Gasteiger partial charge in [-0.15, -0.1) is 0 Å². The Hall–Kier alpha value is -4.14. The number of amidine groups is 1. The third-order valence-electron chi connectivity index (χ3n) is 4.53. The number of hydrogen-bond donors (Lipinski definition) is 4. The summed E-state index contributed by atoms with van der Waals surface area (Å²) < 4.78 is 2.60. The number of nitrogens with one attached hydrogen (secondary N) is 2. The molecule has 30 heavy (non-hydrogen) atoms. The predicted octanol–water partition coefficient (Wildman–Crippen LogP) is 1.26. The van der Waals surface area contributed by atoms with Gasteiger partial charge in [-0.2, -0.15) is 0 Å². The maximum Gasteiger partial charge on any atom is 0.333 e. The topological polar surface area (TPSA) is 143 Å². The first kappa shape index (κ1) is 20.6. The summed E-state index contributed by atoms with van der Waals surface area (Å²) in [6.07, 6.45) is 2.74. The van der Waals surface area contributed by atoms with E-state index in [0.29, 0.717) is 16.8 Å². The van der Waals surface area contributed by atoms with Crippen molar-refractivity contribution in [1.29, 1.82) is 5.41 Å². The summed E-state index contributed by atoms with van der Waals surface area (Å²) in [4.78, 5) is 36.3. The lowest BCUT2D eigenvalue weighted by Crippen LogP contribution is -2.35. The van der Waals surface area contributed by atoms with Crippen molar-refractivity contribution in [3.05, 3.63) is 88.6 Å². The SMILES string of the molecule is N=C(N)c1ccc(-n2ccn(CC(=O)NC(CC(=O)O)c3ccccc3)c2=O)cc1. The van der Waals surface area contributed by atoms with Crippen LogP contribution in [0.2, 0.25) is 0 Å². The highest BCUT2D eigenvalue weighted by atomic mass is 16.4. The van der Waals surface area contributed by atoms with E-state index in [1.165, 1.54) is 21.5 Å². The molecule has 1 heterocycles. The molecule has 0 fully saturated rings. The number of benzene rings is 2. The van der Waals surface area contributed by atoms with Crippen molar-refractivity contribution in [3.63, 3.8) is 0 Å². The number of carbonyl (C=O) groups excluding carboxylic acids is 1. The molecular formula is C21H21N5O4. The molecule has 1 unspecified atom stereocenters. The van der Waals surface area contributed by atoms with Crippen molar-refractivity contribution in [2.45, 2.75) is 19.0 Å². The van der Waals surface area contributed by atoms with Gasteiger partial charge >= 0.3 is 11.7 Å². The van der Waals surface area contributed by atoms with Gasteiger partial charge in [0.05, 0.1) is 18.2 Å². The zero-order chi connectivity index (χ0) is 21.7. The fourth-order valence-electron chi connectivity index (χ4n) is 3.04. The maximum absolute atomic E-state index is 12.6. The number of hydrogen-bond acceptors (Lipinski definition) is 4. The van der Waals surface area contributed by atoms with Crippen molar-refractivity contribution < 1.29 is 14.7 Å². The average molecular weight is 407 g/mol. The average Bonchev–Trinajstić information content (AvgIpc) is 3.08. The van der Waals surface area contributed by atoms with Crippen LogP contribution in [-0.2, 0) is 16.1 Å². The van der Waals surface area contributed by atoms with Crippen molar-refractivity contribution in [1.82, 2.24) is 14.5 Å². The highest BCUT2D eigenvalue weighted by Crippen LogP contribution is 2.16. The number of aromatic nitrogens is 2. The number of aliphatic carboxylic acids is 1. The molecule has 0 aliphatic carbocycles. The molecule has 0 aliphatic rings. The fourth-order valence-corrected chi connectivity index (χ4v) is 3.04. The Morgan fingerprint density at radius 3 is 2.33 bits per heavy atom. The van der Waals surface area contributed by atoms with Crippen molar-refractivity contribution >= 4 is 17.7 Å². The molecule has 1 atom stereocenters. The van der Waals surface area contributed by atoms with Crippen LogP contribution in [0.4, 0.5) is 0 Å². The number of rotatable bonds is 8. The van der Waals surface area contributed by atoms with E-state index in [0.717, 1.165) is 0 Å². The molecule has 0 saturated carbocycles. The predicted molar refractivity (Wildman–Crippen MR) is 111 cm³/mol. The van der Waals surface area contributed by atoms with Gasteiger partial charge < -0.3 is 16.2 Å². The van der Waals surface area contributed by atoms with Crippen LogP contribution in [0.3, 0.4) is 0 Å². The van der Waals surface area contributed by atoms with E-state index in [1.54, 1.807) is 54.6 Å². The molecule has 3 rings (SSSR count). The van der Waals surface area contributed by atoms with Crippen LogP contribution in [0.15, 0.2) is 71.8 Å². The Bertz CT molecular complexity index is 1120. The largest absolute Gasteiger partial charge is 0.481 e. The summed E-state index contributed by atoms with van der Waals surface area (Å²) >= 11 is 0. The zero-order valence-electron chi connectivity index (χ0n) is 16.0. The van der Waals surface area contributed by atoms with Gasteiger partial charge in [-0.1, -0.05) is 30.3 Å². The molecule has 0 aliphatic heterocycles. The number of carboxylic acids is 1. The van der Waals surface area contributed by atoms with Crippen LogP contribution in [0.5, 0.6) is 0 Å². The van der Waals surface area contributed by atoms with E-state index in [2.05, 4.69) is 5.32 Å². The van der Waals surface area contributed by atoms with Gasteiger partial charge in [-0.05, 0) is 29.8 Å². The first-order valence-electron chi connectivity index (χ1n) is 9.14. The molecule has 9 heteroatoms. The number of carbonyl (C=O) groups is 2. The normalized spacial score (nSPS) is 11.6. The Kier molecular flexibility index (Phi) is 6.11. The van der Waals surface area contributed by atoms with Crippen molar-refractivity contribution in [2.24, 2.45) is 5.73 Å². The molecule has 3 aromatic rings. The third-order valence-corrected chi connectivity index (χ3v) is 4.53. The molecule has 0 radical (unpaired) electrons. The highest BCUT2D eigenvalue weighted by Gasteiger charge is 2.19. The summed E-state index contributed by atoms with van der Waals surface area (Å²) in [6.45, 7) is -0.250. The number of amides is 1. The van der Waals surface area contributed by atoms with E-state index >= 15 is 0 Å². The molecule has 9 nitrogen and oxygen atoms in total. The van der Waals surface area contributed by atoms with Gasteiger partial charge in [0.15, 0.2) is 0 Å². The molecule has 0 bridgehead atoms. The van der Waals surface area contributed by atoms with Gasteiger partial charge in [-0.3, -0.25) is 24.1 Å². The quantitative estimate of drug-likeness (QED) is 0.328. The van der Waals surface area contributed by atoms with E-state index in [1.807, 2.05) is 0 Å². The molecule has 5 N–H and O–H groups in total. The minimum absolute atomic E-state index is 0.0718. The highest BCUT2D eigenvalue weighted by molar-refractivity contribution is 5.95. The molecular weight excluding hydrogens is 386 g/mol. The van der Waals surface area contributed by atoms with Gasteiger partial charge in [-0.25, -0.2) is 4.79 Å².